The van der Waals surface area contributed by atoms with Crippen LogP contribution in [0.2, 0.25) is 0 Å². The van der Waals surface area contributed by atoms with Gasteiger partial charge in [0.05, 0.1) is 0 Å². The molecule has 0 amide bonds. The molecule has 30 valence electrons. The molecule has 0 radical (unpaired) electrons. The SMILES string of the molecule is OCCC=[Se]. The van der Waals surface area contributed by atoms with E-state index in [4.69, 9.17) is 5.11 Å². The van der Waals surface area contributed by atoms with Crippen molar-refractivity contribution in [1.29, 1.82) is 0 Å². The summed E-state index contributed by atoms with van der Waals surface area (Å²) in [5.74, 6) is 0. The first kappa shape index (κ1) is 5.35. The molecule has 0 saturated carbocycles. The average molecular weight is 137 g/mol. The summed E-state index contributed by atoms with van der Waals surface area (Å²) in [6, 6.07) is 0. The van der Waals surface area contributed by atoms with E-state index in [2.05, 4.69) is 15.6 Å². The van der Waals surface area contributed by atoms with E-state index in [1.165, 1.54) is 0 Å². The van der Waals surface area contributed by atoms with Crippen molar-refractivity contribution in [2.24, 2.45) is 0 Å². The summed E-state index contributed by atoms with van der Waals surface area (Å²) < 4.78 is 0. The predicted molar refractivity (Wildman–Crippen MR) is 23.5 cm³/mol. The number of hydrogen-bond acceptors (Lipinski definition) is 1. The molecule has 0 bridgehead atoms. The van der Waals surface area contributed by atoms with Crippen molar-refractivity contribution >= 4 is 20.5 Å². The number of aliphatic hydroxyl groups excluding tert-OH is 1. The Morgan fingerprint density at radius 2 is 2.40 bits per heavy atom. The van der Waals surface area contributed by atoms with Crippen molar-refractivity contribution in [3.63, 3.8) is 0 Å². The van der Waals surface area contributed by atoms with E-state index in [9.17, 15) is 0 Å². The van der Waals surface area contributed by atoms with Gasteiger partial charge >= 0.3 is 38.6 Å². The fraction of sp³-hybridized carbons (Fsp3) is 0.667. The van der Waals surface area contributed by atoms with Crippen molar-refractivity contribution in [2.45, 2.75) is 6.42 Å². The van der Waals surface area contributed by atoms with Crippen LogP contribution in [0.1, 0.15) is 6.42 Å². The van der Waals surface area contributed by atoms with E-state index < -0.39 is 0 Å². The summed E-state index contributed by atoms with van der Waals surface area (Å²) in [6.07, 6.45) is 0.764. The molecule has 0 saturated heterocycles. The Bertz CT molecular complexity index is 28.1. The fourth-order valence-electron chi connectivity index (χ4n) is 0.0527. The first-order chi connectivity index (χ1) is 2.41. The maximum atomic E-state index is 8.02. The summed E-state index contributed by atoms with van der Waals surface area (Å²) in [5, 5.41) is 8.02. The van der Waals surface area contributed by atoms with Crippen LogP contribution in [0.3, 0.4) is 0 Å². The van der Waals surface area contributed by atoms with Crippen LogP contribution in [-0.4, -0.2) is 32.2 Å². The molecular weight excluding hydrogens is 131 g/mol. The van der Waals surface area contributed by atoms with Crippen molar-refractivity contribution in [1.82, 2.24) is 0 Å². The summed E-state index contributed by atoms with van der Waals surface area (Å²) in [6.45, 7) is 0.257. The van der Waals surface area contributed by atoms with Crippen molar-refractivity contribution in [3.05, 3.63) is 0 Å². The zero-order chi connectivity index (χ0) is 4.12. The van der Waals surface area contributed by atoms with Gasteiger partial charge in [-0.15, -0.1) is 0 Å². The second-order valence-corrected chi connectivity index (χ2v) is 1.38. The van der Waals surface area contributed by atoms with Gasteiger partial charge in [0, 0.05) is 0 Å². The van der Waals surface area contributed by atoms with Gasteiger partial charge in [-0.05, 0) is 0 Å². The van der Waals surface area contributed by atoms with Crippen LogP contribution in [0, 0.1) is 0 Å². The molecule has 0 aromatic heterocycles. The van der Waals surface area contributed by atoms with E-state index in [0.29, 0.717) is 0 Å². The molecular formula is C3H6OSe. The summed E-state index contributed by atoms with van der Waals surface area (Å²) >= 11 is 2.66. The third-order valence-electron chi connectivity index (χ3n) is 0.247. The van der Waals surface area contributed by atoms with Gasteiger partial charge < -0.3 is 0 Å². The van der Waals surface area contributed by atoms with Gasteiger partial charge in [0.1, 0.15) is 0 Å². The molecule has 0 unspecified atom stereocenters. The van der Waals surface area contributed by atoms with Gasteiger partial charge in [-0.1, -0.05) is 0 Å². The zero-order valence-corrected chi connectivity index (χ0v) is 4.56. The van der Waals surface area contributed by atoms with E-state index in [-0.39, 0.29) is 6.61 Å². The van der Waals surface area contributed by atoms with Crippen LogP contribution in [-0.2, 0) is 0 Å². The van der Waals surface area contributed by atoms with Crippen molar-refractivity contribution < 1.29 is 5.11 Å². The van der Waals surface area contributed by atoms with Crippen LogP contribution in [0.15, 0.2) is 0 Å². The van der Waals surface area contributed by atoms with Crippen LogP contribution < -0.4 is 0 Å². The molecule has 0 spiro atoms. The van der Waals surface area contributed by atoms with E-state index >= 15 is 0 Å². The van der Waals surface area contributed by atoms with Crippen LogP contribution in [0.25, 0.3) is 0 Å². The van der Waals surface area contributed by atoms with E-state index in [0.717, 1.165) is 6.42 Å². The predicted octanol–water partition coefficient (Wildman–Crippen LogP) is -0.661. The van der Waals surface area contributed by atoms with Gasteiger partial charge in [-0.2, -0.15) is 0 Å². The van der Waals surface area contributed by atoms with E-state index in [1.54, 1.807) is 4.92 Å². The molecule has 0 aliphatic heterocycles. The third kappa shape index (κ3) is 4.35. The standard InChI is InChI=1S/C3H6OSe/c4-2-1-3-5/h3-4H,1-2H2. The summed E-state index contributed by atoms with van der Waals surface area (Å²) in [5.41, 5.74) is 0. The van der Waals surface area contributed by atoms with Crippen LogP contribution in [0.5, 0.6) is 0 Å². The second-order valence-electron chi connectivity index (χ2n) is 0.679. The average Bonchev–Trinajstić information content (AvgIpc) is 1.41. The fourth-order valence-corrected chi connectivity index (χ4v) is 0.274. The summed E-state index contributed by atoms with van der Waals surface area (Å²) in [7, 11) is 0. The molecule has 5 heavy (non-hydrogen) atoms. The molecule has 0 aromatic rings. The zero-order valence-electron chi connectivity index (χ0n) is 2.85. The number of aliphatic hydroxyl groups is 1. The van der Waals surface area contributed by atoms with Crippen molar-refractivity contribution in [2.75, 3.05) is 6.61 Å². The first-order valence-corrected chi connectivity index (χ1v) is 2.45. The molecule has 0 aliphatic carbocycles. The molecule has 0 atom stereocenters. The van der Waals surface area contributed by atoms with Crippen LogP contribution >= 0.6 is 0 Å². The third-order valence-corrected chi connectivity index (χ3v) is 0.741. The first-order valence-electron chi connectivity index (χ1n) is 1.46. The molecule has 1 N–H and O–H groups in total. The minimum absolute atomic E-state index is 0.257. The molecule has 2 heteroatoms. The Balaban J connectivity index is 2.40. The molecule has 0 heterocycles. The normalized spacial score (nSPS) is 7.40. The molecule has 0 aromatic carbocycles. The van der Waals surface area contributed by atoms with Gasteiger partial charge in [0.25, 0.3) is 0 Å². The Morgan fingerprint density at radius 1 is 1.80 bits per heavy atom. The van der Waals surface area contributed by atoms with E-state index in [1.807, 2.05) is 0 Å². The van der Waals surface area contributed by atoms with Gasteiger partial charge in [-0.25, -0.2) is 0 Å². The van der Waals surface area contributed by atoms with Crippen LogP contribution in [0.4, 0.5) is 0 Å². The monoisotopic (exact) mass is 138 g/mol. The van der Waals surface area contributed by atoms with Crippen molar-refractivity contribution in [3.8, 4) is 0 Å². The minimum atomic E-state index is 0.257. The van der Waals surface area contributed by atoms with Gasteiger partial charge in [-0.3, -0.25) is 0 Å². The quantitative estimate of drug-likeness (QED) is 0.501. The molecule has 0 rings (SSSR count). The Kier molecular flexibility index (Phi) is 4.65. The Labute approximate surface area is 39.4 Å². The Morgan fingerprint density at radius 3 is 2.40 bits per heavy atom. The van der Waals surface area contributed by atoms with Gasteiger partial charge in [0.15, 0.2) is 0 Å². The second kappa shape index (κ2) is 4.35. The maximum absolute atomic E-state index is 8.02. The number of hydrogen-bond donors (Lipinski definition) is 1. The topological polar surface area (TPSA) is 20.2 Å². The Hall–Kier alpha value is 0.349. The summed E-state index contributed by atoms with van der Waals surface area (Å²) in [4.78, 5) is 1.81. The number of rotatable bonds is 2. The van der Waals surface area contributed by atoms with Gasteiger partial charge in [0.2, 0.25) is 0 Å². The molecule has 0 fully saturated rings. The molecule has 0 aliphatic rings. The molecule has 1 nitrogen and oxygen atoms in total.